The van der Waals surface area contributed by atoms with E-state index in [2.05, 4.69) is 26.1 Å². The molecule has 1 N–H and O–H groups in total. The Balaban J connectivity index is 1.43. The summed E-state index contributed by atoms with van der Waals surface area (Å²) in [5.74, 6) is -3.47. The lowest BCUT2D eigenvalue weighted by atomic mass is 9.81. The van der Waals surface area contributed by atoms with Gasteiger partial charge in [0.2, 0.25) is 17.7 Å². The van der Waals surface area contributed by atoms with Crippen molar-refractivity contribution in [1.29, 1.82) is 0 Å². The number of carbonyl (C=O) groups is 3. The number of anilines is 2. The summed E-state index contributed by atoms with van der Waals surface area (Å²) in [5.41, 5.74) is 0.977. The molecule has 232 valence electrons. The largest absolute Gasteiger partial charge is 0.416 e. The number of fused-ring (bicyclic) bond motifs is 2. The van der Waals surface area contributed by atoms with Gasteiger partial charge in [-0.3, -0.25) is 23.7 Å². The van der Waals surface area contributed by atoms with Gasteiger partial charge in [0.1, 0.15) is 11.8 Å². The number of benzene rings is 3. The Bertz CT molecular complexity index is 1860. The Hall–Kier alpha value is -4.16. The number of thioether (sulfide) groups is 1. The molecule has 2 aliphatic rings. The predicted molar refractivity (Wildman–Crippen MR) is 168 cm³/mol. The number of rotatable bonds is 5. The van der Waals surface area contributed by atoms with Crippen LogP contribution in [0.25, 0.3) is 0 Å². The number of aromatic nitrogens is 1. The first kappa shape index (κ1) is 30.8. The maximum atomic E-state index is 14.1. The van der Waals surface area contributed by atoms with E-state index in [4.69, 9.17) is 0 Å². The van der Waals surface area contributed by atoms with Crippen LogP contribution in [0.1, 0.15) is 48.3 Å². The summed E-state index contributed by atoms with van der Waals surface area (Å²) in [5, 5.41) is 2.13. The summed E-state index contributed by atoms with van der Waals surface area (Å²) < 4.78 is 42.0. The zero-order valence-corrected chi connectivity index (χ0v) is 26.1. The number of imide groups is 1. The fraction of sp³-hybridized carbons (Fsp3) is 0.273. The minimum Gasteiger partial charge on any atom is -0.325 e. The van der Waals surface area contributed by atoms with E-state index in [1.165, 1.54) is 10.6 Å². The molecule has 0 spiro atoms. The fourth-order valence-electron chi connectivity index (χ4n) is 5.75. The number of hydrogen-bond acceptors (Lipinski definition) is 6. The van der Waals surface area contributed by atoms with Gasteiger partial charge in [0.15, 0.2) is 0 Å². The van der Waals surface area contributed by atoms with Gasteiger partial charge >= 0.3 is 11.0 Å². The Morgan fingerprint density at radius 2 is 1.56 bits per heavy atom. The van der Waals surface area contributed by atoms with E-state index < -0.39 is 51.4 Å². The zero-order valence-electron chi connectivity index (χ0n) is 24.4. The van der Waals surface area contributed by atoms with E-state index in [1.807, 2.05) is 24.3 Å². The Kier molecular flexibility index (Phi) is 7.77. The van der Waals surface area contributed by atoms with E-state index >= 15 is 0 Å². The topological polar surface area (TPSA) is 88.5 Å². The van der Waals surface area contributed by atoms with E-state index in [0.29, 0.717) is 21.2 Å². The third-order valence-corrected chi connectivity index (χ3v) is 10.6. The van der Waals surface area contributed by atoms with Gasteiger partial charge < -0.3 is 5.32 Å². The van der Waals surface area contributed by atoms with Gasteiger partial charge in [0.05, 0.1) is 22.2 Å². The number of alkyl halides is 3. The normalized spacial score (nSPS) is 19.8. The molecule has 1 saturated heterocycles. The number of thiazole rings is 1. The molecule has 1 aromatic heterocycles. The number of halogens is 3. The van der Waals surface area contributed by atoms with Crippen LogP contribution in [0.4, 0.5) is 24.5 Å². The Morgan fingerprint density at radius 3 is 2.20 bits per heavy atom. The molecule has 12 heteroatoms. The summed E-state index contributed by atoms with van der Waals surface area (Å²) in [6.45, 7) is 5.86. The van der Waals surface area contributed by atoms with E-state index in [-0.39, 0.29) is 17.6 Å². The number of nitrogens with zero attached hydrogens (tertiary/aromatic N) is 2. The third-order valence-electron chi connectivity index (χ3n) is 7.98. The monoisotopic (exact) mass is 651 g/mol. The van der Waals surface area contributed by atoms with Crippen molar-refractivity contribution >= 4 is 52.2 Å². The van der Waals surface area contributed by atoms with Crippen molar-refractivity contribution in [3.05, 3.63) is 110 Å². The molecular formula is C33H28F3N3O4S2. The van der Waals surface area contributed by atoms with Crippen LogP contribution in [0.2, 0.25) is 0 Å². The summed E-state index contributed by atoms with van der Waals surface area (Å²) in [6, 6.07) is 20.5. The van der Waals surface area contributed by atoms with Gasteiger partial charge in [-0.15, -0.1) is 0 Å². The van der Waals surface area contributed by atoms with Crippen molar-refractivity contribution in [2.75, 3.05) is 10.2 Å². The molecule has 3 amide bonds. The van der Waals surface area contributed by atoms with Crippen LogP contribution in [0.3, 0.4) is 0 Å². The SMILES string of the molecule is CC(C)(C)c1ccc([C@H]2c3sc(=O)n(CC(=O)Nc4ccccc4)c3SC3C(=O)N(c4cccc(C(F)(F)F)c4)C(=O)C32)cc1. The fourth-order valence-corrected chi connectivity index (χ4v) is 8.52. The second kappa shape index (κ2) is 11.3. The van der Waals surface area contributed by atoms with Crippen molar-refractivity contribution in [3.63, 3.8) is 0 Å². The molecule has 3 heterocycles. The van der Waals surface area contributed by atoms with Gasteiger partial charge in [0, 0.05) is 16.5 Å². The summed E-state index contributed by atoms with van der Waals surface area (Å²) in [4.78, 5) is 55.3. The average molecular weight is 652 g/mol. The number of para-hydroxylation sites is 1. The highest BCUT2D eigenvalue weighted by molar-refractivity contribution is 8.00. The molecule has 0 aliphatic carbocycles. The molecule has 0 radical (unpaired) electrons. The molecule has 7 nitrogen and oxygen atoms in total. The molecule has 6 rings (SSSR count). The maximum Gasteiger partial charge on any atom is 0.416 e. The molecule has 1 fully saturated rings. The molecule has 0 saturated carbocycles. The van der Waals surface area contributed by atoms with Crippen molar-refractivity contribution in [2.24, 2.45) is 5.92 Å². The van der Waals surface area contributed by atoms with Crippen LogP contribution in [0, 0.1) is 5.92 Å². The standard InChI is InChI=1S/C33H28F3N3O4S2/c1-32(2,3)19-14-12-18(13-15-19)24-25-26(29(42)39(28(25)41)22-11-7-8-20(16-22)33(34,35)36)44-30-27(24)45-31(43)38(30)17-23(40)37-21-9-5-4-6-10-21/h4-16,24-26H,17H2,1-3H3,(H,37,40)/t24-,25?,26?/m1/s1. The first-order valence-corrected chi connectivity index (χ1v) is 15.8. The maximum absolute atomic E-state index is 14.1. The quantitative estimate of drug-likeness (QED) is 0.244. The molecule has 2 unspecified atom stereocenters. The highest BCUT2D eigenvalue weighted by Gasteiger charge is 2.57. The van der Waals surface area contributed by atoms with Crippen LogP contribution >= 0.6 is 23.1 Å². The van der Waals surface area contributed by atoms with Crippen molar-refractivity contribution in [1.82, 2.24) is 4.57 Å². The van der Waals surface area contributed by atoms with Crippen molar-refractivity contribution < 1.29 is 27.6 Å². The molecule has 0 bridgehead atoms. The Morgan fingerprint density at radius 1 is 0.867 bits per heavy atom. The van der Waals surface area contributed by atoms with Crippen molar-refractivity contribution in [3.8, 4) is 0 Å². The highest BCUT2D eigenvalue weighted by Crippen LogP contribution is 2.54. The lowest BCUT2D eigenvalue weighted by Crippen LogP contribution is -2.33. The first-order chi connectivity index (χ1) is 21.2. The second-order valence-electron chi connectivity index (χ2n) is 12.0. The van der Waals surface area contributed by atoms with Gasteiger partial charge in [-0.1, -0.05) is 92.4 Å². The number of amides is 3. The summed E-state index contributed by atoms with van der Waals surface area (Å²) in [7, 11) is 0. The zero-order chi connectivity index (χ0) is 32.3. The average Bonchev–Trinajstić information content (AvgIpc) is 3.43. The number of nitrogens with one attached hydrogen (secondary N) is 1. The van der Waals surface area contributed by atoms with E-state index in [0.717, 1.165) is 51.8 Å². The van der Waals surface area contributed by atoms with Crippen LogP contribution < -0.4 is 15.1 Å². The molecule has 45 heavy (non-hydrogen) atoms. The predicted octanol–water partition coefficient (Wildman–Crippen LogP) is 6.66. The smallest absolute Gasteiger partial charge is 0.325 e. The van der Waals surface area contributed by atoms with Crippen LogP contribution in [-0.2, 0) is 32.5 Å². The van der Waals surface area contributed by atoms with E-state index in [9.17, 15) is 32.3 Å². The second-order valence-corrected chi connectivity index (χ2v) is 14.1. The van der Waals surface area contributed by atoms with Gasteiger partial charge in [-0.05, 0) is 46.9 Å². The van der Waals surface area contributed by atoms with Crippen LogP contribution in [0.5, 0.6) is 0 Å². The lowest BCUT2D eigenvalue weighted by Gasteiger charge is -2.31. The number of carbonyl (C=O) groups excluding carboxylic acids is 3. The van der Waals surface area contributed by atoms with Crippen LogP contribution in [-0.4, -0.2) is 27.5 Å². The Labute approximate surface area is 265 Å². The molecule has 3 atom stereocenters. The molecule has 2 aliphatic heterocycles. The van der Waals surface area contributed by atoms with Crippen LogP contribution in [0.15, 0.2) is 88.7 Å². The third kappa shape index (κ3) is 5.72. The van der Waals surface area contributed by atoms with Gasteiger partial charge in [-0.2, -0.15) is 13.2 Å². The lowest BCUT2D eigenvalue weighted by molar-refractivity contribution is -0.137. The molecule has 4 aromatic rings. The summed E-state index contributed by atoms with van der Waals surface area (Å²) >= 11 is 1.92. The van der Waals surface area contributed by atoms with Gasteiger partial charge in [-0.25, -0.2) is 4.90 Å². The van der Waals surface area contributed by atoms with Crippen molar-refractivity contribution in [2.45, 2.75) is 55.1 Å². The minimum atomic E-state index is -4.67. The number of hydrogen-bond donors (Lipinski definition) is 1. The van der Waals surface area contributed by atoms with E-state index in [1.54, 1.807) is 30.3 Å². The minimum absolute atomic E-state index is 0.158. The summed E-state index contributed by atoms with van der Waals surface area (Å²) in [6.07, 6.45) is -4.67. The highest BCUT2D eigenvalue weighted by atomic mass is 32.2. The molecular weight excluding hydrogens is 624 g/mol. The van der Waals surface area contributed by atoms with Gasteiger partial charge in [0.25, 0.3) is 0 Å². The first-order valence-electron chi connectivity index (χ1n) is 14.1. The molecule has 3 aromatic carbocycles.